The second-order valence-electron chi connectivity index (χ2n) is 6.62. The monoisotopic (exact) mass is 370 g/mol. The van der Waals surface area contributed by atoms with Gasteiger partial charge in [-0.3, -0.25) is 4.57 Å². The van der Waals surface area contributed by atoms with Crippen LogP contribution in [0.15, 0.2) is 26.2 Å². The van der Waals surface area contributed by atoms with Crippen LogP contribution in [-0.2, 0) is 16.6 Å². The Labute approximate surface area is 144 Å². The topological polar surface area (TPSA) is 81.3 Å². The molecule has 1 aromatic carbocycles. The number of sulfonamides is 1. The molecule has 1 heterocycles. The zero-order valence-corrected chi connectivity index (χ0v) is 14.9. The van der Waals surface area contributed by atoms with E-state index < -0.39 is 15.8 Å². The first-order chi connectivity index (χ1) is 11.4. The van der Waals surface area contributed by atoms with E-state index in [0.29, 0.717) is 23.9 Å². The van der Waals surface area contributed by atoms with Crippen LogP contribution in [-0.4, -0.2) is 19.0 Å². The van der Waals surface area contributed by atoms with Crippen molar-refractivity contribution in [3.63, 3.8) is 0 Å². The number of hydrogen-bond acceptors (Lipinski definition) is 4. The van der Waals surface area contributed by atoms with E-state index in [1.807, 2.05) is 6.92 Å². The van der Waals surface area contributed by atoms with Gasteiger partial charge in [0, 0.05) is 18.7 Å². The van der Waals surface area contributed by atoms with Gasteiger partial charge >= 0.3 is 5.76 Å². The number of aromatic nitrogens is 1. The molecule has 2 aliphatic carbocycles. The number of nitrogens with zero attached hydrogens (tertiary/aromatic N) is 1. The van der Waals surface area contributed by atoms with Gasteiger partial charge in [0.25, 0.3) is 0 Å². The Morgan fingerprint density at radius 1 is 1.29 bits per heavy atom. The molecule has 0 spiro atoms. The molecule has 2 aromatic rings. The van der Waals surface area contributed by atoms with Gasteiger partial charge in [-0.25, -0.2) is 17.9 Å². The van der Waals surface area contributed by atoms with Crippen molar-refractivity contribution in [1.82, 2.24) is 9.29 Å². The third-order valence-corrected chi connectivity index (χ3v) is 7.20. The lowest BCUT2D eigenvalue weighted by molar-refractivity contribution is 0.480. The van der Waals surface area contributed by atoms with Crippen LogP contribution in [0.4, 0.5) is 0 Å². The maximum absolute atomic E-state index is 12.7. The van der Waals surface area contributed by atoms with Gasteiger partial charge in [-0.1, -0.05) is 24.4 Å². The van der Waals surface area contributed by atoms with E-state index >= 15 is 0 Å². The molecule has 0 unspecified atom stereocenters. The van der Waals surface area contributed by atoms with Crippen LogP contribution >= 0.6 is 11.6 Å². The molecule has 0 amide bonds. The van der Waals surface area contributed by atoms with Gasteiger partial charge in [-0.15, -0.1) is 0 Å². The Hall–Kier alpha value is -1.31. The fraction of sp³-hybridized carbons (Fsp3) is 0.562. The van der Waals surface area contributed by atoms with Crippen LogP contribution in [0.3, 0.4) is 0 Å². The van der Waals surface area contributed by atoms with E-state index in [4.69, 9.17) is 16.0 Å². The second kappa shape index (κ2) is 5.61. The van der Waals surface area contributed by atoms with Crippen molar-refractivity contribution in [3.8, 4) is 0 Å². The average molecular weight is 371 g/mol. The highest BCUT2D eigenvalue weighted by molar-refractivity contribution is 7.89. The Balaban J connectivity index is 1.70. The minimum absolute atomic E-state index is 0.0107. The summed E-state index contributed by atoms with van der Waals surface area (Å²) in [4.78, 5) is 11.8. The lowest BCUT2D eigenvalue weighted by Crippen LogP contribution is -2.28. The summed E-state index contributed by atoms with van der Waals surface area (Å²) in [7, 11) is -3.74. The van der Waals surface area contributed by atoms with Crippen LogP contribution in [0, 0.1) is 11.8 Å². The van der Waals surface area contributed by atoms with Crippen LogP contribution < -0.4 is 10.5 Å². The van der Waals surface area contributed by atoms with Gasteiger partial charge in [0.15, 0.2) is 5.58 Å². The molecular weight excluding hydrogens is 352 g/mol. The normalized spacial score (nSPS) is 26.5. The maximum Gasteiger partial charge on any atom is 0.419 e. The van der Waals surface area contributed by atoms with Crippen LogP contribution in [0.2, 0.25) is 5.02 Å². The van der Waals surface area contributed by atoms with Crippen LogP contribution in [0.5, 0.6) is 0 Å². The molecule has 2 atom stereocenters. The number of hydrogen-bond donors (Lipinski definition) is 1. The largest absolute Gasteiger partial charge is 0.419 e. The summed E-state index contributed by atoms with van der Waals surface area (Å²) in [6.45, 7) is 2.24. The minimum Gasteiger partial charge on any atom is -0.408 e. The molecule has 4 rings (SSSR count). The maximum atomic E-state index is 12.7. The van der Waals surface area contributed by atoms with Gasteiger partial charge in [0.1, 0.15) is 4.90 Å². The van der Waals surface area contributed by atoms with Gasteiger partial charge < -0.3 is 4.42 Å². The molecule has 1 aromatic heterocycles. The molecule has 0 radical (unpaired) electrons. The van der Waals surface area contributed by atoms with E-state index in [0.717, 1.165) is 12.8 Å². The van der Waals surface area contributed by atoms with Gasteiger partial charge in [-0.2, -0.15) is 0 Å². The first-order valence-electron chi connectivity index (χ1n) is 8.27. The zero-order chi connectivity index (χ0) is 17.1. The summed E-state index contributed by atoms with van der Waals surface area (Å²) in [5.74, 6) is 0.393. The highest BCUT2D eigenvalue weighted by atomic mass is 35.5. The van der Waals surface area contributed by atoms with E-state index in [2.05, 4.69) is 4.72 Å². The quantitative estimate of drug-likeness (QED) is 0.897. The average Bonchev–Trinajstić information content (AvgIpc) is 3.12. The molecule has 2 saturated carbocycles. The Morgan fingerprint density at radius 3 is 2.58 bits per heavy atom. The van der Waals surface area contributed by atoms with Crippen molar-refractivity contribution in [2.45, 2.75) is 50.1 Å². The van der Waals surface area contributed by atoms with E-state index in [1.165, 1.54) is 29.5 Å². The van der Waals surface area contributed by atoms with E-state index in [9.17, 15) is 13.2 Å². The highest BCUT2D eigenvalue weighted by Gasteiger charge is 2.52. The van der Waals surface area contributed by atoms with Crippen molar-refractivity contribution in [1.29, 1.82) is 0 Å². The third kappa shape index (κ3) is 2.50. The molecule has 0 saturated heterocycles. The predicted molar refractivity (Wildman–Crippen MR) is 90.7 cm³/mol. The number of fused-ring (bicyclic) bond motifs is 2. The minimum atomic E-state index is -3.74. The number of aryl methyl sites for hydroxylation is 1. The van der Waals surface area contributed by atoms with Crippen molar-refractivity contribution in [2.24, 2.45) is 11.8 Å². The van der Waals surface area contributed by atoms with Gasteiger partial charge in [0.2, 0.25) is 10.0 Å². The molecule has 6 nitrogen and oxygen atoms in total. The standard InChI is InChI=1S/C16H19ClN2O4S/c1-2-19-12-7-11(17)14(8-13(12)23-16(19)20)24(21,22)18-15-9-5-3-4-6-10(9)15/h7-10,15,18H,2-6H2,1H3/t9-,10-/m1/s1. The zero-order valence-electron chi connectivity index (χ0n) is 13.3. The number of benzene rings is 1. The van der Waals surface area contributed by atoms with Gasteiger partial charge in [0.05, 0.1) is 10.5 Å². The number of nitrogens with one attached hydrogen (secondary N) is 1. The number of oxazole rings is 1. The Bertz CT molecular complexity index is 950. The molecule has 0 aliphatic heterocycles. The summed E-state index contributed by atoms with van der Waals surface area (Å²) in [5.41, 5.74) is 0.742. The van der Waals surface area contributed by atoms with Crippen LogP contribution in [0.25, 0.3) is 11.1 Å². The first-order valence-corrected chi connectivity index (χ1v) is 10.1. The lowest BCUT2D eigenvalue weighted by atomic mass is 10.0. The molecule has 130 valence electrons. The summed E-state index contributed by atoms with van der Waals surface area (Å²) < 4.78 is 34.8. The van der Waals surface area contributed by atoms with Crippen molar-refractivity contribution < 1.29 is 12.8 Å². The molecule has 24 heavy (non-hydrogen) atoms. The SMILES string of the molecule is CCn1c(=O)oc2cc(S(=O)(=O)NC3[C@@H]4CCCC[C@@H]34)c(Cl)cc21. The highest BCUT2D eigenvalue weighted by Crippen LogP contribution is 2.50. The van der Waals surface area contributed by atoms with Crippen molar-refractivity contribution in [2.75, 3.05) is 0 Å². The number of rotatable bonds is 4. The second-order valence-corrected chi connectivity index (χ2v) is 8.71. The third-order valence-electron chi connectivity index (χ3n) is 5.28. The van der Waals surface area contributed by atoms with E-state index in [-0.39, 0.29) is 21.5 Å². The smallest absolute Gasteiger partial charge is 0.408 e. The predicted octanol–water partition coefficient (Wildman–Crippen LogP) is 2.73. The molecule has 0 bridgehead atoms. The van der Waals surface area contributed by atoms with Crippen molar-refractivity contribution >= 4 is 32.7 Å². The summed E-state index contributed by atoms with van der Waals surface area (Å²) >= 11 is 6.21. The molecule has 8 heteroatoms. The molecule has 1 N–H and O–H groups in total. The first kappa shape index (κ1) is 16.2. The fourth-order valence-corrected chi connectivity index (χ4v) is 5.85. The Kier molecular flexibility index (Phi) is 3.78. The number of halogens is 1. The summed E-state index contributed by atoms with van der Waals surface area (Å²) in [6, 6.07) is 2.84. The van der Waals surface area contributed by atoms with Crippen LogP contribution in [0.1, 0.15) is 32.6 Å². The fourth-order valence-electron chi connectivity index (χ4n) is 3.98. The summed E-state index contributed by atoms with van der Waals surface area (Å²) in [5, 5.41) is 0.0987. The molecular formula is C16H19ClN2O4S. The lowest BCUT2D eigenvalue weighted by Gasteiger charge is -2.08. The molecule has 2 aliphatic rings. The molecule has 2 fully saturated rings. The Morgan fingerprint density at radius 2 is 1.96 bits per heavy atom. The van der Waals surface area contributed by atoms with E-state index in [1.54, 1.807) is 0 Å². The summed E-state index contributed by atoms with van der Waals surface area (Å²) in [6.07, 6.45) is 4.50. The van der Waals surface area contributed by atoms with Gasteiger partial charge in [-0.05, 0) is 37.7 Å². The van der Waals surface area contributed by atoms with Crippen molar-refractivity contribution in [3.05, 3.63) is 27.7 Å².